The molecular weight excluding hydrogens is 346 g/mol. The third-order valence-corrected chi connectivity index (χ3v) is 4.77. The molecule has 0 aliphatic heterocycles. The van der Waals surface area contributed by atoms with Crippen molar-refractivity contribution in [2.75, 3.05) is 18.5 Å². The van der Waals surface area contributed by atoms with Gasteiger partial charge in [-0.2, -0.15) is 0 Å². The summed E-state index contributed by atoms with van der Waals surface area (Å²) in [6, 6.07) is 18.1. The molecule has 2 aromatic carbocycles. The summed E-state index contributed by atoms with van der Waals surface area (Å²) in [5.41, 5.74) is 8.45. The molecule has 0 saturated heterocycles. The molecule has 0 fully saturated rings. The van der Waals surface area contributed by atoms with E-state index in [1.54, 1.807) is 16.4 Å². The van der Waals surface area contributed by atoms with E-state index in [9.17, 15) is 4.79 Å². The van der Waals surface area contributed by atoms with Crippen LogP contribution in [-0.2, 0) is 13.0 Å². The lowest BCUT2D eigenvalue weighted by atomic mass is 10.1. The molecule has 3 rings (SSSR count). The number of nitrogens with one attached hydrogen (secondary N) is 1. The van der Waals surface area contributed by atoms with Crippen LogP contribution in [0.3, 0.4) is 0 Å². The van der Waals surface area contributed by atoms with E-state index >= 15 is 0 Å². The Labute approximate surface area is 156 Å². The van der Waals surface area contributed by atoms with E-state index in [2.05, 4.69) is 15.6 Å². The number of amides is 1. The SMILES string of the molecule is CSc1ccc(Cn2nnc(C(=O)NCCc3ccccc3)c2N)cc1. The topological polar surface area (TPSA) is 85.8 Å². The number of hydrogen-bond acceptors (Lipinski definition) is 5. The standard InChI is InChI=1S/C19H21N5OS/c1-26-16-9-7-15(8-10-16)13-24-18(20)17(22-23-24)19(25)21-12-11-14-5-3-2-4-6-14/h2-10H,11-13,20H2,1H3,(H,21,25). The minimum atomic E-state index is -0.303. The average molecular weight is 367 g/mol. The first-order chi connectivity index (χ1) is 12.7. The maximum Gasteiger partial charge on any atom is 0.275 e. The van der Waals surface area contributed by atoms with Crippen LogP contribution in [0.2, 0.25) is 0 Å². The highest BCUT2D eigenvalue weighted by molar-refractivity contribution is 7.98. The molecule has 3 N–H and O–H groups in total. The van der Waals surface area contributed by atoms with E-state index < -0.39 is 0 Å². The zero-order chi connectivity index (χ0) is 18.4. The van der Waals surface area contributed by atoms with Gasteiger partial charge in [-0.15, -0.1) is 16.9 Å². The fourth-order valence-corrected chi connectivity index (χ4v) is 2.96. The van der Waals surface area contributed by atoms with Gasteiger partial charge < -0.3 is 11.1 Å². The summed E-state index contributed by atoms with van der Waals surface area (Å²) in [5, 5.41) is 10.8. The zero-order valence-corrected chi connectivity index (χ0v) is 15.4. The first-order valence-corrected chi connectivity index (χ1v) is 9.54. The number of carbonyl (C=O) groups excluding carboxylic acids is 1. The summed E-state index contributed by atoms with van der Waals surface area (Å²) < 4.78 is 1.54. The summed E-state index contributed by atoms with van der Waals surface area (Å²) in [4.78, 5) is 13.5. The number of rotatable bonds is 7. The number of nitrogens with zero attached hydrogens (tertiary/aromatic N) is 3. The van der Waals surface area contributed by atoms with Crippen molar-refractivity contribution in [3.05, 3.63) is 71.4 Å². The van der Waals surface area contributed by atoms with Crippen molar-refractivity contribution in [3.8, 4) is 0 Å². The van der Waals surface area contributed by atoms with Crippen molar-refractivity contribution in [1.29, 1.82) is 0 Å². The van der Waals surface area contributed by atoms with Gasteiger partial charge in [-0.25, -0.2) is 4.68 Å². The average Bonchev–Trinajstić information content (AvgIpc) is 3.03. The molecule has 0 radical (unpaired) electrons. The molecule has 7 heteroatoms. The van der Waals surface area contributed by atoms with Crippen molar-refractivity contribution in [3.63, 3.8) is 0 Å². The van der Waals surface area contributed by atoms with E-state index in [1.165, 1.54) is 4.90 Å². The predicted octanol–water partition coefficient (Wildman–Crippen LogP) is 2.60. The Morgan fingerprint density at radius 3 is 2.54 bits per heavy atom. The highest BCUT2D eigenvalue weighted by Gasteiger charge is 2.17. The van der Waals surface area contributed by atoms with Gasteiger partial charge in [-0.05, 0) is 35.9 Å². The Bertz CT molecular complexity index is 861. The maximum atomic E-state index is 12.3. The molecule has 0 saturated carbocycles. The smallest absolute Gasteiger partial charge is 0.275 e. The van der Waals surface area contributed by atoms with Gasteiger partial charge in [0, 0.05) is 11.4 Å². The molecule has 134 valence electrons. The van der Waals surface area contributed by atoms with Crippen LogP contribution in [0.5, 0.6) is 0 Å². The summed E-state index contributed by atoms with van der Waals surface area (Å²) in [7, 11) is 0. The molecule has 26 heavy (non-hydrogen) atoms. The van der Waals surface area contributed by atoms with Crippen molar-refractivity contribution in [2.45, 2.75) is 17.9 Å². The number of benzene rings is 2. The van der Waals surface area contributed by atoms with Gasteiger partial charge >= 0.3 is 0 Å². The van der Waals surface area contributed by atoms with E-state index in [0.717, 1.165) is 17.5 Å². The van der Waals surface area contributed by atoms with Crippen LogP contribution < -0.4 is 11.1 Å². The van der Waals surface area contributed by atoms with Crippen LogP contribution in [0.15, 0.2) is 59.5 Å². The lowest BCUT2D eigenvalue weighted by Gasteiger charge is -2.06. The van der Waals surface area contributed by atoms with E-state index in [-0.39, 0.29) is 17.4 Å². The second kappa shape index (κ2) is 8.53. The van der Waals surface area contributed by atoms with Crippen molar-refractivity contribution in [1.82, 2.24) is 20.3 Å². The van der Waals surface area contributed by atoms with Crippen molar-refractivity contribution >= 4 is 23.5 Å². The Morgan fingerprint density at radius 2 is 1.85 bits per heavy atom. The number of aromatic nitrogens is 3. The second-order valence-corrected chi connectivity index (χ2v) is 6.70. The molecule has 1 heterocycles. The number of hydrogen-bond donors (Lipinski definition) is 2. The predicted molar refractivity (Wildman–Crippen MR) is 104 cm³/mol. The molecule has 0 atom stereocenters. The minimum absolute atomic E-state index is 0.166. The Hall–Kier alpha value is -2.80. The van der Waals surface area contributed by atoms with Gasteiger partial charge in [0.2, 0.25) is 0 Å². The Morgan fingerprint density at radius 1 is 1.12 bits per heavy atom. The maximum absolute atomic E-state index is 12.3. The highest BCUT2D eigenvalue weighted by Crippen LogP contribution is 2.16. The van der Waals surface area contributed by atoms with Gasteiger partial charge in [0.25, 0.3) is 5.91 Å². The van der Waals surface area contributed by atoms with Crippen LogP contribution in [0, 0.1) is 0 Å². The molecule has 0 aliphatic carbocycles. The quantitative estimate of drug-likeness (QED) is 0.627. The normalized spacial score (nSPS) is 10.7. The van der Waals surface area contributed by atoms with Crippen molar-refractivity contribution in [2.24, 2.45) is 0 Å². The lowest BCUT2D eigenvalue weighted by molar-refractivity contribution is 0.0950. The largest absolute Gasteiger partial charge is 0.382 e. The number of anilines is 1. The lowest BCUT2D eigenvalue weighted by Crippen LogP contribution is -2.27. The summed E-state index contributed by atoms with van der Waals surface area (Å²) in [6.45, 7) is 0.996. The van der Waals surface area contributed by atoms with Crippen LogP contribution >= 0.6 is 11.8 Å². The Kier molecular flexibility index (Phi) is 5.91. The molecule has 0 unspecified atom stereocenters. The van der Waals surface area contributed by atoms with Crippen LogP contribution in [0.25, 0.3) is 0 Å². The first-order valence-electron chi connectivity index (χ1n) is 8.31. The summed E-state index contributed by atoms with van der Waals surface area (Å²) >= 11 is 1.69. The highest BCUT2D eigenvalue weighted by atomic mass is 32.2. The second-order valence-electron chi connectivity index (χ2n) is 5.82. The van der Waals surface area contributed by atoms with Crippen LogP contribution in [-0.4, -0.2) is 33.7 Å². The van der Waals surface area contributed by atoms with Gasteiger partial charge in [0.15, 0.2) is 11.5 Å². The van der Waals surface area contributed by atoms with Gasteiger partial charge in [0.1, 0.15) is 0 Å². The molecule has 0 bridgehead atoms. The molecular formula is C19H21N5OS. The Balaban J connectivity index is 1.59. The van der Waals surface area contributed by atoms with Crippen molar-refractivity contribution < 1.29 is 4.79 Å². The third-order valence-electron chi connectivity index (χ3n) is 4.02. The fourth-order valence-electron chi connectivity index (χ4n) is 2.55. The van der Waals surface area contributed by atoms with Gasteiger partial charge in [-0.1, -0.05) is 47.7 Å². The minimum Gasteiger partial charge on any atom is -0.382 e. The number of carbonyl (C=O) groups is 1. The first kappa shape index (κ1) is 18.0. The van der Waals surface area contributed by atoms with Crippen LogP contribution in [0.4, 0.5) is 5.82 Å². The molecule has 1 amide bonds. The molecule has 6 nitrogen and oxygen atoms in total. The van der Waals surface area contributed by atoms with Gasteiger partial charge in [-0.3, -0.25) is 4.79 Å². The molecule has 0 spiro atoms. The molecule has 0 aliphatic rings. The summed E-state index contributed by atoms with van der Waals surface area (Å²) in [5.74, 6) is -0.0291. The van der Waals surface area contributed by atoms with Gasteiger partial charge in [0.05, 0.1) is 6.54 Å². The molecule has 3 aromatic rings. The number of nitrogens with two attached hydrogens (primary N) is 1. The third kappa shape index (κ3) is 4.43. The number of nitrogen functional groups attached to an aromatic ring is 1. The van der Waals surface area contributed by atoms with E-state index in [4.69, 9.17) is 5.73 Å². The fraction of sp³-hybridized carbons (Fsp3) is 0.211. The zero-order valence-electron chi connectivity index (χ0n) is 14.6. The monoisotopic (exact) mass is 367 g/mol. The molecule has 1 aromatic heterocycles. The van der Waals surface area contributed by atoms with E-state index in [1.807, 2.05) is 60.9 Å². The van der Waals surface area contributed by atoms with Crippen LogP contribution in [0.1, 0.15) is 21.6 Å². The summed E-state index contributed by atoms with van der Waals surface area (Å²) in [6.07, 6.45) is 2.79. The van der Waals surface area contributed by atoms with E-state index in [0.29, 0.717) is 13.1 Å². The number of thioether (sulfide) groups is 1.